The number of amides is 2. The standard InChI is InChI=1S/C11H22N2O5S/c1-9(2)7-13(8-10(14)15)11(16)12(3)5-6-19(4,17)18/h9H,5-8H2,1-4H3,(H,14,15). The van der Waals surface area contributed by atoms with E-state index in [1.165, 1.54) is 16.8 Å². The van der Waals surface area contributed by atoms with Crippen molar-refractivity contribution in [1.29, 1.82) is 0 Å². The maximum atomic E-state index is 12.0. The summed E-state index contributed by atoms with van der Waals surface area (Å²) < 4.78 is 22.1. The van der Waals surface area contributed by atoms with E-state index >= 15 is 0 Å². The fourth-order valence-electron chi connectivity index (χ4n) is 1.45. The second-order valence-electron chi connectivity index (χ2n) is 5.00. The zero-order chi connectivity index (χ0) is 15.2. The van der Waals surface area contributed by atoms with Crippen molar-refractivity contribution in [2.75, 3.05) is 38.7 Å². The summed E-state index contributed by atoms with van der Waals surface area (Å²) in [7, 11) is -1.69. The number of rotatable bonds is 7. The molecule has 0 rings (SSSR count). The van der Waals surface area contributed by atoms with Crippen molar-refractivity contribution in [3.05, 3.63) is 0 Å². The Morgan fingerprint density at radius 3 is 2.16 bits per heavy atom. The van der Waals surface area contributed by atoms with Gasteiger partial charge in [-0.2, -0.15) is 0 Å². The highest BCUT2D eigenvalue weighted by molar-refractivity contribution is 7.90. The number of nitrogens with zero attached hydrogens (tertiary/aromatic N) is 2. The highest BCUT2D eigenvalue weighted by Crippen LogP contribution is 2.03. The van der Waals surface area contributed by atoms with Gasteiger partial charge in [0.15, 0.2) is 0 Å². The molecule has 0 saturated heterocycles. The number of hydrogen-bond acceptors (Lipinski definition) is 4. The van der Waals surface area contributed by atoms with Crippen molar-refractivity contribution in [3.63, 3.8) is 0 Å². The molecule has 0 aromatic heterocycles. The first-order valence-electron chi connectivity index (χ1n) is 5.92. The van der Waals surface area contributed by atoms with Gasteiger partial charge >= 0.3 is 12.0 Å². The molecule has 0 bridgehead atoms. The normalized spacial score (nSPS) is 11.4. The molecular weight excluding hydrogens is 272 g/mol. The summed E-state index contributed by atoms with van der Waals surface area (Å²) in [6.45, 7) is 3.72. The van der Waals surface area contributed by atoms with Crippen molar-refractivity contribution < 1.29 is 23.1 Å². The molecule has 0 saturated carbocycles. The van der Waals surface area contributed by atoms with Gasteiger partial charge in [-0.1, -0.05) is 13.8 Å². The van der Waals surface area contributed by atoms with E-state index in [9.17, 15) is 18.0 Å². The van der Waals surface area contributed by atoms with Crippen LogP contribution in [0.3, 0.4) is 0 Å². The molecule has 0 radical (unpaired) electrons. The lowest BCUT2D eigenvalue weighted by molar-refractivity contribution is -0.137. The van der Waals surface area contributed by atoms with Gasteiger partial charge in [-0.3, -0.25) is 4.79 Å². The third kappa shape index (κ3) is 8.41. The number of carbonyl (C=O) groups excluding carboxylic acids is 1. The number of carboxylic acid groups (broad SMARTS) is 1. The van der Waals surface area contributed by atoms with E-state index in [1.807, 2.05) is 13.8 Å². The molecule has 8 heteroatoms. The number of sulfone groups is 1. The smallest absolute Gasteiger partial charge is 0.323 e. The molecule has 0 aromatic rings. The molecule has 0 fully saturated rings. The molecule has 0 unspecified atom stereocenters. The van der Waals surface area contributed by atoms with Crippen molar-refractivity contribution >= 4 is 21.8 Å². The van der Waals surface area contributed by atoms with Crippen molar-refractivity contribution in [2.24, 2.45) is 5.92 Å². The maximum Gasteiger partial charge on any atom is 0.323 e. The Kier molecular flexibility index (Phi) is 6.82. The summed E-state index contributed by atoms with van der Waals surface area (Å²) in [6.07, 6.45) is 1.09. The summed E-state index contributed by atoms with van der Waals surface area (Å²) in [5.41, 5.74) is 0. The molecule has 112 valence electrons. The van der Waals surface area contributed by atoms with Crippen LogP contribution in [-0.2, 0) is 14.6 Å². The predicted octanol–water partition coefficient (Wildman–Crippen LogP) is 0.125. The highest BCUT2D eigenvalue weighted by atomic mass is 32.2. The first-order valence-corrected chi connectivity index (χ1v) is 7.98. The highest BCUT2D eigenvalue weighted by Gasteiger charge is 2.21. The second-order valence-corrected chi connectivity index (χ2v) is 7.26. The van der Waals surface area contributed by atoms with E-state index in [0.29, 0.717) is 6.54 Å². The third-order valence-corrected chi connectivity index (χ3v) is 3.23. The van der Waals surface area contributed by atoms with E-state index in [0.717, 1.165) is 6.26 Å². The molecule has 0 aliphatic carbocycles. The van der Waals surface area contributed by atoms with Gasteiger partial charge in [0, 0.05) is 26.4 Å². The molecule has 2 amide bonds. The van der Waals surface area contributed by atoms with Gasteiger partial charge < -0.3 is 14.9 Å². The molecule has 0 spiro atoms. The van der Waals surface area contributed by atoms with Crippen molar-refractivity contribution in [1.82, 2.24) is 9.80 Å². The second kappa shape index (κ2) is 7.32. The number of carboxylic acids is 1. The van der Waals surface area contributed by atoms with E-state index in [-0.39, 0.29) is 24.8 Å². The molecule has 0 aliphatic rings. The van der Waals surface area contributed by atoms with E-state index in [1.54, 1.807) is 0 Å². The molecular formula is C11H22N2O5S. The largest absolute Gasteiger partial charge is 0.480 e. The van der Waals surface area contributed by atoms with Gasteiger partial charge in [0.05, 0.1) is 5.75 Å². The summed E-state index contributed by atoms with van der Waals surface area (Å²) >= 11 is 0. The Labute approximate surface area is 114 Å². The van der Waals surface area contributed by atoms with Crippen LogP contribution in [0.5, 0.6) is 0 Å². The molecule has 0 heterocycles. The number of hydrogen-bond donors (Lipinski definition) is 1. The minimum Gasteiger partial charge on any atom is -0.480 e. The fourth-order valence-corrected chi connectivity index (χ4v) is 2.06. The number of carbonyl (C=O) groups is 2. The zero-order valence-electron chi connectivity index (χ0n) is 11.8. The van der Waals surface area contributed by atoms with Crippen LogP contribution in [0.4, 0.5) is 4.79 Å². The molecule has 0 aromatic carbocycles. The Bertz CT molecular complexity index is 419. The van der Waals surface area contributed by atoms with Crippen LogP contribution in [-0.4, -0.2) is 74.0 Å². The monoisotopic (exact) mass is 294 g/mol. The summed E-state index contributed by atoms with van der Waals surface area (Å²) in [5.74, 6) is -1.10. The van der Waals surface area contributed by atoms with Crippen LogP contribution in [0.15, 0.2) is 0 Å². The molecule has 0 atom stereocenters. The summed E-state index contributed by atoms with van der Waals surface area (Å²) in [4.78, 5) is 25.2. The summed E-state index contributed by atoms with van der Waals surface area (Å²) in [5, 5.41) is 8.78. The van der Waals surface area contributed by atoms with Gasteiger partial charge in [0.1, 0.15) is 16.4 Å². The van der Waals surface area contributed by atoms with Gasteiger partial charge in [0.25, 0.3) is 0 Å². The lowest BCUT2D eigenvalue weighted by atomic mass is 10.2. The van der Waals surface area contributed by atoms with Gasteiger partial charge in [0.2, 0.25) is 0 Å². The van der Waals surface area contributed by atoms with Crippen LogP contribution in [0, 0.1) is 5.92 Å². The lowest BCUT2D eigenvalue weighted by Crippen LogP contribution is -2.46. The SMILES string of the molecule is CC(C)CN(CC(=O)O)C(=O)N(C)CCS(C)(=O)=O. The van der Waals surface area contributed by atoms with Crippen LogP contribution in [0.25, 0.3) is 0 Å². The lowest BCUT2D eigenvalue weighted by Gasteiger charge is -2.28. The maximum absolute atomic E-state index is 12.0. The van der Waals surface area contributed by atoms with Crippen molar-refractivity contribution in [3.8, 4) is 0 Å². The minimum absolute atomic E-state index is 0.0475. The Hall–Kier alpha value is -1.31. The first-order chi connectivity index (χ1) is 8.53. The van der Waals surface area contributed by atoms with Crippen LogP contribution in [0.2, 0.25) is 0 Å². The minimum atomic E-state index is -3.15. The Balaban J connectivity index is 4.64. The molecule has 1 N–H and O–H groups in total. The number of urea groups is 1. The topological polar surface area (TPSA) is 95.0 Å². The third-order valence-electron chi connectivity index (χ3n) is 2.31. The van der Waals surface area contributed by atoms with E-state index in [4.69, 9.17) is 5.11 Å². The van der Waals surface area contributed by atoms with Crippen LogP contribution < -0.4 is 0 Å². The van der Waals surface area contributed by atoms with Crippen molar-refractivity contribution in [2.45, 2.75) is 13.8 Å². The molecule has 0 aliphatic heterocycles. The average molecular weight is 294 g/mol. The Morgan fingerprint density at radius 2 is 1.79 bits per heavy atom. The molecule has 19 heavy (non-hydrogen) atoms. The Morgan fingerprint density at radius 1 is 1.26 bits per heavy atom. The fraction of sp³-hybridized carbons (Fsp3) is 0.818. The van der Waals surface area contributed by atoms with Gasteiger partial charge in [-0.25, -0.2) is 13.2 Å². The number of aliphatic carboxylic acids is 1. The predicted molar refractivity (Wildman–Crippen MR) is 71.8 cm³/mol. The molecule has 7 nitrogen and oxygen atoms in total. The van der Waals surface area contributed by atoms with Crippen LogP contribution >= 0.6 is 0 Å². The van der Waals surface area contributed by atoms with E-state index in [2.05, 4.69) is 0 Å². The van der Waals surface area contributed by atoms with Crippen LogP contribution in [0.1, 0.15) is 13.8 Å². The first kappa shape index (κ1) is 17.7. The van der Waals surface area contributed by atoms with E-state index < -0.39 is 21.8 Å². The quantitative estimate of drug-likeness (QED) is 0.720. The summed E-state index contributed by atoms with van der Waals surface area (Å²) in [6, 6.07) is -0.472. The van der Waals surface area contributed by atoms with Gasteiger partial charge in [-0.05, 0) is 5.92 Å². The van der Waals surface area contributed by atoms with Gasteiger partial charge in [-0.15, -0.1) is 0 Å². The zero-order valence-corrected chi connectivity index (χ0v) is 12.6. The average Bonchev–Trinajstić information content (AvgIpc) is 2.21.